The van der Waals surface area contributed by atoms with Gasteiger partial charge in [-0.25, -0.2) is 0 Å². The Balaban J connectivity index is 1.82. The lowest BCUT2D eigenvalue weighted by atomic mass is 9.79. The summed E-state index contributed by atoms with van der Waals surface area (Å²) in [6, 6.07) is 19.6. The van der Waals surface area contributed by atoms with E-state index in [1.807, 2.05) is 60.7 Å². The summed E-state index contributed by atoms with van der Waals surface area (Å²) < 4.78 is 0. The molecule has 2 aromatic carbocycles. The number of H-pyrrole nitrogens is 2. The van der Waals surface area contributed by atoms with E-state index in [1.54, 1.807) is 6.08 Å². The van der Waals surface area contributed by atoms with Gasteiger partial charge in [-0.15, -0.1) is 0 Å². The molecule has 1 aliphatic carbocycles. The van der Waals surface area contributed by atoms with Gasteiger partial charge in [0.05, 0.1) is 0 Å². The zero-order valence-corrected chi connectivity index (χ0v) is 13.2. The monoisotopic (exact) mass is 326 g/mol. The van der Waals surface area contributed by atoms with Crippen molar-refractivity contribution in [2.45, 2.75) is 5.41 Å². The molecule has 4 nitrogen and oxygen atoms in total. The molecule has 0 spiro atoms. The van der Waals surface area contributed by atoms with E-state index in [0.717, 1.165) is 21.8 Å². The number of allylic oxidation sites excluding steroid dienone is 2. The van der Waals surface area contributed by atoms with Gasteiger partial charge < -0.3 is 9.97 Å². The quantitative estimate of drug-likeness (QED) is 0.552. The first-order valence-electron chi connectivity index (χ1n) is 8.13. The van der Waals surface area contributed by atoms with E-state index < -0.39 is 17.0 Å². The Morgan fingerprint density at radius 3 is 1.68 bits per heavy atom. The third kappa shape index (κ3) is 1.82. The fraction of sp³-hybridized carbons (Fsp3) is 0.0476. The van der Waals surface area contributed by atoms with Crippen molar-refractivity contribution in [1.82, 2.24) is 9.97 Å². The fourth-order valence-corrected chi connectivity index (χ4v) is 3.69. The van der Waals surface area contributed by atoms with E-state index in [1.165, 1.54) is 6.08 Å². The summed E-state index contributed by atoms with van der Waals surface area (Å²) in [5, 5.41) is 2.02. The highest BCUT2D eigenvalue weighted by Gasteiger charge is 2.48. The van der Waals surface area contributed by atoms with Gasteiger partial charge in [0.1, 0.15) is 5.41 Å². The number of ketones is 2. The molecule has 2 N–H and O–H groups in total. The van der Waals surface area contributed by atoms with Gasteiger partial charge in [0.15, 0.2) is 0 Å². The summed E-state index contributed by atoms with van der Waals surface area (Å²) in [6.45, 7) is 0. The van der Waals surface area contributed by atoms with Crippen molar-refractivity contribution in [1.29, 1.82) is 0 Å². The maximum atomic E-state index is 12.9. The molecule has 25 heavy (non-hydrogen) atoms. The number of carbonyl (C=O) groups excluding carboxylic acids is 2. The number of hydrogen-bond acceptors (Lipinski definition) is 2. The lowest BCUT2D eigenvalue weighted by Gasteiger charge is -2.22. The molecular weight excluding hydrogens is 312 g/mol. The fourth-order valence-electron chi connectivity index (χ4n) is 3.69. The summed E-state index contributed by atoms with van der Waals surface area (Å²) in [4.78, 5) is 31.7. The molecule has 0 saturated carbocycles. The number of aromatic amines is 2. The van der Waals surface area contributed by atoms with Gasteiger partial charge in [-0.3, -0.25) is 9.59 Å². The molecule has 0 radical (unpaired) electrons. The highest BCUT2D eigenvalue weighted by Crippen LogP contribution is 2.40. The van der Waals surface area contributed by atoms with Crippen LogP contribution in [0.3, 0.4) is 0 Å². The van der Waals surface area contributed by atoms with Crippen LogP contribution in [0.2, 0.25) is 0 Å². The minimum atomic E-state index is -1.13. The molecule has 120 valence electrons. The molecule has 0 atom stereocenters. The first kappa shape index (κ1) is 14.0. The summed E-state index contributed by atoms with van der Waals surface area (Å²) in [6.07, 6.45) is 3.08. The van der Waals surface area contributed by atoms with Gasteiger partial charge in [0, 0.05) is 22.4 Å². The van der Waals surface area contributed by atoms with Crippen molar-refractivity contribution in [2.75, 3.05) is 0 Å². The van der Waals surface area contributed by atoms with Crippen LogP contribution in [0, 0.1) is 0 Å². The Hall–Kier alpha value is -3.40. The van der Waals surface area contributed by atoms with Crippen LogP contribution in [0.4, 0.5) is 0 Å². The van der Waals surface area contributed by atoms with E-state index in [2.05, 4.69) is 9.97 Å². The van der Waals surface area contributed by atoms with E-state index in [-0.39, 0.29) is 0 Å². The van der Waals surface area contributed by atoms with Crippen molar-refractivity contribution < 1.29 is 9.59 Å². The van der Waals surface area contributed by atoms with Gasteiger partial charge >= 0.3 is 0 Å². The lowest BCUT2D eigenvalue weighted by molar-refractivity contribution is -0.134. The summed E-state index contributed by atoms with van der Waals surface area (Å²) >= 11 is 0. The first-order valence-corrected chi connectivity index (χ1v) is 8.13. The van der Waals surface area contributed by atoms with Gasteiger partial charge in [-0.2, -0.15) is 0 Å². The van der Waals surface area contributed by atoms with Crippen LogP contribution in [0.5, 0.6) is 0 Å². The second kappa shape index (κ2) is 4.80. The summed E-state index contributed by atoms with van der Waals surface area (Å²) in [5.74, 6) is -0.914. The Kier molecular flexibility index (Phi) is 2.69. The maximum Gasteiger partial charge on any atom is 0.224 e. The Labute approximate surface area is 143 Å². The van der Waals surface area contributed by atoms with Crippen LogP contribution >= 0.6 is 0 Å². The lowest BCUT2D eigenvalue weighted by Crippen LogP contribution is -2.36. The number of para-hydroxylation sites is 2. The van der Waals surface area contributed by atoms with Crippen LogP contribution < -0.4 is 0 Å². The average Bonchev–Trinajstić information content (AvgIpc) is 3.32. The first-order chi connectivity index (χ1) is 12.2. The van der Waals surface area contributed by atoms with Gasteiger partial charge in [0.25, 0.3) is 0 Å². The molecule has 4 heteroatoms. The van der Waals surface area contributed by atoms with Crippen LogP contribution in [-0.2, 0) is 15.0 Å². The molecule has 5 rings (SSSR count). The maximum absolute atomic E-state index is 12.9. The zero-order valence-electron chi connectivity index (χ0n) is 13.2. The predicted octanol–water partition coefficient (Wildman–Crippen LogP) is 3.64. The Morgan fingerprint density at radius 1 is 0.720 bits per heavy atom. The SMILES string of the molecule is O=C1C=CC(c2cc3ccccc3[nH]2)(c2cc3ccccc3[nH]2)C1=O. The number of Topliss-reactive ketones (excluding diaryl/α,β-unsaturated/α-hetero) is 1. The van der Waals surface area contributed by atoms with Crippen LogP contribution in [0.15, 0.2) is 72.8 Å². The number of benzene rings is 2. The van der Waals surface area contributed by atoms with Gasteiger partial charge in [-0.1, -0.05) is 42.5 Å². The van der Waals surface area contributed by atoms with E-state index >= 15 is 0 Å². The van der Waals surface area contributed by atoms with E-state index in [4.69, 9.17) is 0 Å². The van der Waals surface area contributed by atoms with Crippen LogP contribution in [0.1, 0.15) is 11.4 Å². The molecule has 0 bridgehead atoms. The number of hydrogen-bond donors (Lipinski definition) is 2. The molecule has 0 aliphatic heterocycles. The second-order valence-electron chi connectivity index (χ2n) is 6.38. The highest BCUT2D eigenvalue weighted by molar-refractivity contribution is 6.48. The van der Waals surface area contributed by atoms with Gasteiger partial charge in [-0.05, 0) is 41.1 Å². The third-order valence-corrected chi connectivity index (χ3v) is 4.98. The topological polar surface area (TPSA) is 65.7 Å². The second-order valence-corrected chi connectivity index (χ2v) is 6.38. The number of rotatable bonds is 2. The van der Waals surface area contributed by atoms with Crippen molar-refractivity contribution in [3.05, 3.63) is 84.2 Å². The third-order valence-electron chi connectivity index (χ3n) is 4.98. The van der Waals surface area contributed by atoms with E-state index in [9.17, 15) is 9.59 Å². The Morgan fingerprint density at radius 2 is 1.24 bits per heavy atom. The molecule has 4 aromatic rings. The largest absolute Gasteiger partial charge is 0.357 e. The number of fused-ring (bicyclic) bond motifs is 2. The molecule has 1 aliphatic rings. The van der Waals surface area contributed by atoms with Crippen LogP contribution in [0.25, 0.3) is 21.8 Å². The van der Waals surface area contributed by atoms with Crippen LogP contribution in [-0.4, -0.2) is 21.5 Å². The zero-order chi connectivity index (χ0) is 17.0. The molecule has 0 unspecified atom stereocenters. The normalized spacial score (nSPS) is 16.3. The molecule has 2 aromatic heterocycles. The van der Waals surface area contributed by atoms with Gasteiger partial charge in [0.2, 0.25) is 11.6 Å². The van der Waals surface area contributed by atoms with E-state index in [0.29, 0.717) is 11.4 Å². The van der Waals surface area contributed by atoms with Crippen molar-refractivity contribution in [3.8, 4) is 0 Å². The molecule has 0 saturated heterocycles. The van der Waals surface area contributed by atoms with Crippen molar-refractivity contribution in [3.63, 3.8) is 0 Å². The number of aromatic nitrogens is 2. The average molecular weight is 326 g/mol. The minimum absolute atomic E-state index is 0.439. The smallest absolute Gasteiger partial charge is 0.224 e. The minimum Gasteiger partial charge on any atom is -0.357 e. The predicted molar refractivity (Wildman–Crippen MR) is 96.5 cm³/mol. The summed E-state index contributed by atoms with van der Waals surface area (Å²) in [5.41, 5.74) is 2.15. The number of nitrogens with one attached hydrogen (secondary N) is 2. The molecule has 2 heterocycles. The molecular formula is C21H14N2O2. The summed E-state index contributed by atoms with van der Waals surface area (Å²) in [7, 11) is 0. The molecule has 0 fully saturated rings. The van der Waals surface area contributed by atoms with Crippen molar-refractivity contribution >= 4 is 33.4 Å². The van der Waals surface area contributed by atoms with Crippen molar-refractivity contribution in [2.24, 2.45) is 0 Å². The number of carbonyl (C=O) groups is 2. The highest BCUT2D eigenvalue weighted by atomic mass is 16.2. The molecule has 0 amide bonds. The standard InChI is InChI=1S/C21H14N2O2/c24-17-9-10-21(20(17)25,18-11-13-5-1-3-7-15(13)22-18)19-12-14-6-2-4-8-16(14)23-19/h1-12,22-23H. The Bertz CT molecular complexity index is 1050.